The molecule has 0 bridgehead atoms. The molecule has 1 unspecified atom stereocenters. The number of halogens is 1. The number of aliphatic hydroxyl groups excluding tert-OH is 1. The van der Waals surface area contributed by atoms with Crippen molar-refractivity contribution < 1.29 is 33.7 Å². The fraction of sp³-hybridized carbons (Fsp3) is 0.625. The van der Waals surface area contributed by atoms with E-state index in [0.717, 1.165) is 11.1 Å². The van der Waals surface area contributed by atoms with Crippen molar-refractivity contribution in [3.05, 3.63) is 47.6 Å². The Kier molecular flexibility index (Phi) is 7.19. The number of methoxy groups -OCH3 is 2. The van der Waals surface area contributed by atoms with Gasteiger partial charge in [-0.1, -0.05) is 31.6 Å². The molecule has 3 N–H and O–H groups in total. The fourth-order valence-corrected chi connectivity index (χ4v) is 8.70. The van der Waals surface area contributed by atoms with Gasteiger partial charge < -0.3 is 25.0 Å². The normalized spacial score (nSPS) is 40.0. The van der Waals surface area contributed by atoms with Crippen molar-refractivity contribution in [2.24, 2.45) is 28.6 Å². The Morgan fingerprint density at radius 1 is 1.18 bits per heavy atom. The first-order chi connectivity index (χ1) is 18.9. The van der Waals surface area contributed by atoms with Crippen LogP contribution in [0.2, 0.25) is 0 Å². The highest BCUT2D eigenvalue weighted by atomic mass is 19.1. The van der Waals surface area contributed by atoms with Crippen LogP contribution in [0.4, 0.5) is 4.39 Å². The number of carbonyl (C=O) groups is 2. The van der Waals surface area contributed by atoms with Gasteiger partial charge in [0.15, 0.2) is 28.6 Å². The first kappa shape index (κ1) is 28.8. The number of alkyl halides is 1. The van der Waals surface area contributed by atoms with Crippen molar-refractivity contribution in [3.8, 4) is 11.5 Å². The first-order valence-corrected chi connectivity index (χ1v) is 14.4. The molecular formula is C32H42FNO6. The lowest BCUT2D eigenvalue weighted by Crippen LogP contribution is -2.70. The molecule has 1 amide bonds. The predicted octanol–water partition coefficient (Wildman–Crippen LogP) is 4.10. The van der Waals surface area contributed by atoms with E-state index in [1.165, 1.54) is 12.2 Å². The van der Waals surface area contributed by atoms with Gasteiger partial charge in [-0.2, -0.15) is 0 Å². The maximum atomic E-state index is 17.3. The number of aryl methyl sites for hydroxylation is 1. The average Bonchev–Trinajstić information content (AvgIpc) is 3.13. The molecule has 8 atom stereocenters. The lowest BCUT2D eigenvalue weighted by atomic mass is 9.44. The zero-order valence-electron chi connectivity index (χ0n) is 24.1. The maximum Gasteiger partial charge on any atom is 0.252 e. The maximum absolute atomic E-state index is 17.3. The smallest absolute Gasteiger partial charge is 0.252 e. The lowest BCUT2D eigenvalue weighted by Gasteiger charge is -2.62. The molecule has 7 nitrogen and oxygen atoms in total. The van der Waals surface area contributed by atoms with Gasteiger partial charge in [0.05, 0.1) is 20.3 Å². The highest BCUT2D eigenvalue weighted by Crippen LogP contribution is 2.70. The highest BCUT2D eigenvalue weighted by Gasteiger charge is 2.75. The number of allylic oxidation sites excluding steroid dienone is 4. The van der Waals surface area contributed by atoms with Crippen molar-refractivity contribution in [3.63, 3.8) is 0 Å². The number of ketones is 1. The summed E-state index contributed by atoms with van der Waals surface area (Å²) in [5, 5.41) is 26.5. The van der Waals surface area contributed by atoms with Crippen LogP contribution >= 0.6 is 0 Å². The quantitative estimate of drug-likeness (QED) is 0.438. The second-order valence-electron chi connectivity index (χ2n) is 12.7. The Balaban J connectivity index is 1.32. The summed E-state index contributed by atoms with van der Waals surface area (Å²) in [5.41, 5.74) is -4.06. The number of rotatable bonds is 7. The number of ether oxygens (including phenoxy) is 2. The molecule has 4 aliphatic carbocycles. The van der Waals surface area contributed by atoms with E-state index in [2.05, 4.69) is 5.32 Å². The van der Waals surface area contributed by atoms with Gasteiger partial charge in [0.1, 0.15) is 0 Å². The van der Waals surface area contributed by atoms with E-state index in [1.807, 2.05) is 32.0 Å². The van der Waals surface area contributed by atoms with Crippen LogP contribution in [0.15, 0.2) is 42.0 Å². The molecule has 0 spiro atoms. The minimum Gasteiger partial charge on any atom is -0.493 e. The molecule has 0 heterocycles. The Labute approximate surface area is 235 Å². The van der Waals surface area contributed by atoms with Gasteiger partial charge in [-0.15, -0.1) is 0 Å². The van der Waals surface area contributed by atoms with Crippen molar-refractivity contribution in [2.45, 2.75) is 76.7 Å². The zero-order valence-corrected chi connectivity index (χ0v) is 24.1. The van der Waals surface area contributed by atoms with Gasteiger partial charge in [-0.25, -0.2) is 4.39 Å². The lowest BCUT2D eigenvalue weighted by molar-refractivity contribution is -0.219. The van der Waals surface area contributed by atoms with Gasteiger partial charge in [-0.3, -0.25) is 9.59 Å². The van der Waals surface area contributed by atoms with Gasteiger partial charge >= 0.3 is 0 Å². The molecule has 0 aliphatic heterocycles. The molecule has 3 saturated carbocycles. The minimum atomic E-state index is -1.99. The van der Waals surface area contributed by atoms with E-state index in [-0.39, 0.29) is 18.1 Å². The van der Waals surface area contributed by atoms with E-state index < -0.39 is 45.9 Å². The zero-order chi connectivity index (χ0) is 29.1. The number of aliphatic hydroxyl groups is 2. The van der Waals surface area contributed by atoms with Gasteiger partial charge in [0.2, 0.25) is 0 Å². The van der Waals surface area contributed by atoms with E-state index in [9.17, 15) is 19.8 Å². The third-order valence-corrected chi connectivity index (χ3v) is 10.9. The van der Waals surface area contributed by atoms with Crippen molar-refractivity contribution in [1.82, 2.24) is 5.32 Å². The molecule has 0 radical (unpaired) electrons. The number of benzene rings is 1. The Morgan fingerprint density at radius 2 is 1.90 bits per heavy atom. The van der Waals surface area contributed by atoms with Crippen LogP contribution in [0.25, 0.3) is 0 Å². The second kappa shape index (κ2) is 9.98. The molecule has 1 aromatic carbocycles. The summed E-state index contributed by atoms with van der Waals surface area (Å²) in [4.78, 5) is 25.7. The van der Waals surface area contributed by atoms with Crippen molar-refractivity contribution in [1.29, 1.82) is 0 Å². The van der Waals surface area contributed by atoms with E-state index in [4.69, 9.17) is 9.47 Å². The number of amides is 1. The molecule has 0 aromatic heterocycles. The summed E-state index contributed by atoms with van der Waals surface area (Å²) < 4.78 is 28.0. The summed E-state index contributed by atoms with van der Waals surface area (Å²) in [6.45, 7) is 5.85. The van der Waals surface area contributed by atoms with E-state index >= 15 is 4.39 Å². The van der Waals surface area contributed by atoms with Crippen LogP contribution in [0.5, 0.6) is 11.5 Å². The number of hydrogen-bond donors (Lipinski definition) is 3. The van der Waals surface area contributed by atoms with E-state index in [0.29, 0.717) is 50.1 Å². The first-order valence-electron chi connectivity index (χ1n) is 14.4. The third kappa shape index (κ3) is 3.89. The number of nitrogens with one attached hydrogen (secondary N) is 1. The molecule has 8 heteroatoms. The van der Waals surface area contributed by atoms with Crippen LogP contribution in [0.3, 0.4) is 0 Å². The van der Waals surface area contributed by atoms with E-state index in [1.54, 1.807) is 27.2 Å². The van der Waals surface area contributed by atoms with Crippen LogP contribution in [0.1, 0.15) is 58.4 Å². The summed E-state index contributed by atoms with van der Waals surface area (Å²) >= 11 is 0. The predicted molar refractivity (Wildman–Crippen MR) is 149 cm³/mol. The van der Waals surface area contributed by atoms with Gasteiger partial charge in [-0.05, 0) is 87.1 Å². The Hall–Kier alpha value is -2.71. The monoisotopic (exact) mass is 555 g/mol. The molecule has 40 heavy (non-hydrogen) atoms. The second-order valence-corrected chi connectivity index (χ2v) is 12.7. The summed E-state index contributed by atoms with van der Waals surface area (Å²) in [6.07, 6.45) is 5.98. The molecule has 218 valence electrons. The fourth-order valence-electron chi connectivity index (χ4n) is 8.70. The van der Waals surface area contributed by atoms with Crippen LogP contribution in [-0.2, 0) is 16.0 Å². The molecule has 1 aromatic rings. The van der Waals surface area contributed by atoms with Crippen LogP contribution < -0.4 is 14.8 Å². The van der Waals surface area contributed by atoms with Gasteiger partial charge in [0, 0.05) is 23.3 Å². The largest absolute Gasteiger partial charge is 0.493 e. The highest BCUT2D eigenvalue weighted by molar-refractivity contribution is 6.01. The van der Waals surface area contributed by atoms with Crippen LogP contribution in [-0.4, -0.2) is 60.0 Å². The number of carbonyl (C=O) groups excluding carboxylic acids is 2. The summed E-state index contributed by atoms with van der Waals surface area (Å²) in [7, 11) is 3.17. The van der Waals surface area contributed by atoms with Gasteiger partial charge in [0.25, 0.3) is 5.91 Å². The Bertz CT molecular complexity index is 1260. The summed E-state index contributed by atoms with van der Waals surface area (Å²) in [6, 6.07) is 5.71. The average molecular weight is 556 g/mol. The minimum absolute atomic E-state index is 0.0325. The topological polar surface area (TPSA) is 105 Å². The summed E-state index contributed by atoms with van der Waals surface area (Å²) in [5.74, 6) is -0.558. The molecule has 5 rings (SSSR count). The number of hydrogen-bond acceptors (Lipinski definition) is 6. The third-order valence-electron chi connectivity index (χ3n) is 10.9. The van der Waals surface area contributed by atoms with Crippen molar-refractivity contribution in [2.75, 3.05) is 20.8 Å². The SMILES string of the molecule is COc1ccc(CCCNC(=O)[C@@]2(O)[C@H](C)CC3[C@@H]4CCC5=CC(=O)C=C[C@]5(C)[C@@]4(F)[C@@H](O)C[C@@]32C)cc1OC. The molecule has 0 saturated heterocycles. The Morgan fingerprint density at radius 3 is 2.60 bits per heavy atom. The molecule has 3 fully saturated rings. The van der Waals surface area contributed by atoms with Crippen molar-refractivity contribution >= 4 is 11.7 Å². The molecule has 4 aliphatic rings. The number of fused-ring (bicyclic) bond motifs is 5. The van der Waals surface area contributed by atoms with Crippen LogP contribution in [0, 0.1) is 28.6 Å². The standard InChI is InChI=1S/C32H42FNO6/c1-19-15-24-23-10-9-21-17-22(35)12-13-29(21,2)31(23,33)27(36)18-30(24,3)32(19,38)28(37)34-14-6-7-20-8-11-25(39-4)26(16-20)40-5/h8,11-13,16-17,19,23-24,27,36,38H,6-7,9-10,14-15,18H2,1-5H3,(H,34,37)/t19-,23+,24?,27+,29+,30+,31+,32+/m1/s1. The molecular weight excluding hydrogens is 513 g/mol.